The lowest BCUT2D eigenvalue weighted by molar-refractivity contribution is 0.0775. The largest absolute Gasteiger partial charge is 0.333 e. The van der Waals surface area contributed by atoms with Gasteiger partial charge >= 0.3 is 0 Å². The van der Waals surface area contributed by atoms with Crippen LogP contribution in [0.2, 0.25) is 0 Å². The lowest BCUT2D eigenvalue weighted by Gasteiger charge is -2.18. The maximum atomic E-state index is 13.1. The second-order valence-electron chi connectivity index (χ2n) is 6.71. The van der Waals surface area contributed by atoms with E-state index in [1.54, 1.807) is 62.5 Å². The van der Waals surface area contributed by atoms with Gasteiger partial charge in [0, 0.05) is 19.0 Å². The van der Waals surface area contributed by atoms with Crippen LogP contribution < -0.4 is 11.1 Å². The number of hydrogen-bond donors (Lipinski definition) is 1. The Labute approximate surface area is 165 Å². The number of aryl methyl sites for hydroxylation is 1. The van der Waals surface area contributed by atoms with Crippen molar-refractivity contribution >= 4 is 27.6 Å². The van der Waals surface area contributed by atoms with Crippen molar-refractivity contribution in [1.82, 2.24) is 24.6 Å². The highest BCUT2D eigenvalue weighted by Crippen LogP contribution is 2.16. The van der Waals surface area contributed by atoms with Crippen molar-refractivity contribution in [3.63, 3.8) is 0 Å². The molecule has 1 N–H and O–H groups in total. The molecule has 0 aliphatic carbocycles. The van der Waals surface area contributed by atoms with Crippen LogP contribution in [0.25, 0.3) is 21.7 Å². The quantitative estimate of drug-likeness (QED) is 0.575. The minimum absolute atomic E-state index is 0.0974. The predicted molar refractivity (Wildman–Crippen MR) is 110 cm³/mol. The van der Waals surface area contributed by atoms with E-state index in [2.05, 4.69) is 15.1 Å². The summed E-state index contributed by atoms with van der Waals surface area (Å²) in [6.45, 7) is 2.25. The van der Waals surface area contributed by atoms with E-state index in [0.717, 1.165) is 0 Å². The molecule has 8 heteroatoms. The first-order valence-electron chi connectivity index (χ1n) is 9.23. The molecular weight excluding hydrogens is 370 g/mol. The number of rotatable bonds is 4. The molecule has 0 unspecified atom stereocenters. The Kier molecular flexibility index (Phi) is 4.67. The summed E-state index contributed by atoms with van der Waals surface area (Å²) < 4.78 is 1.28. The summed E-state index contributed by atoms with van der Waals surface area (Å²) >= 11 is 0. The molecule has 0 fully saturated rings. The number of nitrogens with one attached hydrogen (secondary N) is 1. The van der Waals surface area contributed by atoms with E-state index in [0.29, 0.717) is 34.0 Å². The van der Waals surface area contributed by atoms with Crippen LogP contribution >= 0.6 is 0 Å². The fraction of sp³-hybridized carbons (Fsp3) is 0.190. The molecule has 0 saturated carbocycles. The number of aromatic amines is 1. The van der Waals surface area contributed by atoms with E-state index < -0.39 is 0 Å². The molecule has 8 nitrogen and oxygen atoms in total. The molecule has 0 aliphatic rings. The van der Waals surface area contributed by atoms with Crippen LogP contribution in [-0.4, -0.2) is 37.6 Å². The minimum atomic E-state index is -0.362. The van der Waals surface area contributed by atoms with Crippen molar-refractivity contribution in [3.05, 3.63) is 80.8 Å². The molecule has 0 aliphatic heterocycles. The number of hydrogen-bond acceptors (Lipinski definition) is 5. The zero-order valence-corrected chi connectivity index (χ0v) is 16.0. The predicted octanol–water partition coefficient (Wildman–Crippen LogP) is 1.93. The standard InChI is InChI=1S/C21H19N5O3/c1-3-26-20(28)14-9-5-4-8-13(14)18(24-26)21(29)25(2)12-17-22-16-11-7-6-10-15(16)19(27)23-17/h4-11H,3,12H2,1-2H3,(H,22,23,27). The third-order valence-electron chi connectivity index (χ3n) is 4.77. The van der Waals surface area contributed by atoms with Crippen LogP contribution in [0.1, 0.15) is 23.2 Å². The monoisotopic (exact) mass is 389 g/mol. The van der Waals surface area contributed by atoms with Crippen LogP contribution in [0.3, 0.4) is 0 Å². The number of aromatic nitrogens is 4. The van der Waals surface area contributed by atoms with E-state index in [-0.39, 0.29) is 29.3 Å². The van der Waals surface area contributed by atoms with Gasteiger partial charge in [0.15, 0.2) is 5.69 Å². The van der Waals surface area contributed by atoms with Gasteiger partial charge < -0.3 is 9.88 Å². The van der Waals surface area contributed by atoms with Gasteiger partial charge in [0.1, 0.15) is 5.82 Å². The smallest absolute Gasteiger partial charge is 0.275 e. The molecule has 2 heterocycles. The first kappa shape index (κ1) is 18.5. The Morgan fingerprint density at radius 2 is 1.69 bits per heavy atom. The van der Waals surface area contributed by atoms with Gasteiger partial charge in [0.05, 0.1) is 22.8 Å². The van der Waals surface area contributed by atoms with Crippen molar-refractivity contribution < 1.29 is 4.79 Å². The van der Waals surface area contributed by atoms with Crippen LogP contribution in [0.5, 0.6) is 0 Å². The van der Waals surface area contributed by atoms with Crippen molar-refractivity contribution in [1.29, 1.82) is 0 Å². The average Bonchev–Trinajstić information content (AvgIpc) is 2.74. The molecule has 0 atom stereocenters. The van der Waals surface area contributed by atoms with Crippen molar-refractivity contribution in [2.75, 3.05) is 7.05 Å². The van der Waals surface area contributed by atoms with Gasteiger partial charge in [-0.2, -0.15) is 5.10 Å². The second kappa shape index (κ2) is 7.31. The summed E-state index contributed by atoms with van der Waals surface area (Å²) in [5.74, 6) is 0.0110. The molecule has 4 aromatic rings. The van der Waals surface area contributed by atoms with Gasteiger partial charge in [-0.3, -0.25) is 14.4 Å². The third kappa shape index (κ3) is 3.29. The summed E-state index contributed by atoms with van der Waals surface area (Å²) in [5, 5.41) is 5.71. The third-order valence-corrected chi connectivity index (χ3v) is 4.77. The van der Waals surface area contributed by atoms with E-state index in [9.17, 15) is 14.4 Å². The molecule has 0 bridgehead atoms. The number of carbonyl (C=O) groups is 1. The topological polar surface area (TPSA) is 101 Å². The van der Waals surface area contributed by atoms with Crippen LogP contribution in [0.4, 0.5) is 0 Å². The highest BCUT2D eigenvalue weighted by Gasteiger charge is 2.20. The summed E-state index contributed by atoms with van der Waals surface area (Å²) in [6, 6.07) is 13.9. The zero-order chi connectivity index (χ0) is 20.5. The number of amides is 1. The Morgan fingerprint density at radius 1 is 1.03 bits per heavy atom. The van der Waals surface area contributed by atoms with Crippen LogP contribution in [-0.2, 0) is 13.1 Å². The molecule has 0 radical (unpaired) electrons. The van der Waals surface area contributed by atoms with Crippen LogP contribution in [0, 0.1) is 0 Å². The van der Waals surface area contributed by atoms with Gasteiger partial charge in [-0.05, 0) is 25.1 Å². The number of benzene rings is 2. The minimum Gasteiger partial charge on any atom is -0.333 e. The summed E-state index contributed by atoms with van der Waals surface area (Å²) in [4.78, 5) is 46.4. The summed E-state index contributed by atoms with van der Waals surface area (Å²) in [6.07, 6.45) is 0. The maximum absolute atomic E-state index is 13.1. The molecule has 2 aromatic heterocycles. The molecule has 1 amide bonds. The maximum Gasteiger partial charge on any atom is 0.275 e. The van der Waals surface area contributed by atoms with Gasteiger partial charge in [-0.15, -0.1) is 0 Å². The average molecular weight is 389 g/mol. The van der Waals surface area contributed by atoms with Crippen molar-refractivity contribution in [3.8, 4) is 0 Å². The lowest BCUT2D eigenvalue weighted by atomic mass is 10.1. The number of carbonyl (C=O) groups excluding carboxylic acids is 1. The number of para-hydroxylation sites is 1. The van der Waals surface area contributed by atoms with E-state index >= 15 is 0 Å². The molecular formula is C21H19N5O3. The molecule has 0 saturated heterocycles. The highest BCUT2D eigenvalue weighted by atomic mass is 16.2. The van der Waals surface area contributed by atoms with E-state index in [4.69, 9.17) is 0 Å². The number of H-pyrrole nitrogens is 1. The number of nitrogens with zero attached hydrogens (tertiary/aromatic N) is 4. The van der Waals surface area contributed by atoms with Crippen LogP contribution in [0.15, 0.2) is 58.1 Å². The number of fused-ring (bicyclic) bond motifs is 2. The summed E-state index contributed by atoms with van der Waals surface area (Å²) in [5.41, 5.74) is 0.264. The fourth-order valence-corrected chi connectivity index (χ4v) is 3.29. The molecule has 0 spiro atoms. The van der Waals surface area contributed by atoms with E-state index in [1.165, 1.54) is 9.58 Å². The second-order valence-corrected chi connectivity index (χ2v) is 6.71. The Balaban J connectivity index is 1.73. The van der Waals surface area contributed by atoms with Gasteiger partial charge in [0.25, 0.3) is 17.0 Å². The Morgan fingerprint density at radius 3 is 2.41 bits per heavy atom. The molecule has 29 heavy (non-hydrogen) atoms. The lowest BCUT2D eigenvalue weighted by Crippen LogP contribution is -2.32. The fourth-order valence-electron chi connectivity index (χ4n) is 3.29. The Bertz CT molecular complexity index is 1360. The van der Waals surface area contributed by atoms with Crippen molar-refractivity contribution in [2.24, 2.45) is 0 Å². The SMILES string of the molecule is CCn1nc(C(=O)N(C)Cc2nc3ccccc3c(=O)[nH]2)c2ccccc2c1=O. The summed E-state index contributed by atoms with van der Waals surface area (Å²) in [7, 11) is 1.61. The zero-order valence-electron chi connectivity index (χ0n) is 16.0. The Hall–Kier alpha value is -3.81. The van der Waals surface area contributed by atoms with E-state index in [1.807, 2.05) is 0 Å². The van der Waals surface area contributed by atoms with Gasteiger partial charge in [-0.1, -0.05) is 30.3 Å². The highest BCUT2D eigenvalue weighted by molar-refractivity contribution is 6.04. The first-order chi connectivity index (χ1) is 14.0. The molecule has 146 valence electrons. The molecule has 2 aromatic carbocycles. The van der Waals surface area contributed by atoms with Gasteiger partial charge in [-0.25, -0.2) is 9.67 Å². The molecule has 4 rings (SSSR count). The van der Waals surface area contributed by atoms with Crippen molar-refractivity contribution in [2.45, 2.75) is 20.0 Å². The van der Waals surface area contributed by atoms with Gasteiger partial charge in [0.2, 0.25) is 0 Å². The normalized spacial score (nSPS) is 11.1. The first-order valence-corrected chi connectivity index (χ1v) is 9.23.